The lowest BCUT2D eigenvalue weighted by Gasteiger charge is -2.34. The Kier molecular flexibility index (Phi) is 3.66. The van der Waals surface area contributed by atoms with Gasteiger partial charge < -0.3 is 5.32 Å². The molecule has 86 valence electrons. The molecular weight excluding hydrogens is 186 g/mol. The first-order valence-corrected chi connectivity index (χ1v) is 6.51. The van der Waals surface area contributed by atoms with E-state index in [9.17, 15) is 4.79 Å². The molecule has 0 aromatic carbocycles. The molecule has 2 saturated carbocycles. The van der Waals surface area contributed by atoms with Crippen molar-refractivity contribution in [3.8, 4) is 0 Å². The van der Waals surface area contributed by atoms with Gasteiger partial charge in [0, 0.05) is 13.0 Å². The maximum absolute atomic E-state index is 10.9. The fourth-order valence-electron chi connectivity index (χ4n) is 3.03. The van der Waals surface area contributed by atoms with Gasteiger partial charge >= 0.3 is 0 Å². The normalized spacial score (nSPS) is 32.1. The van der Waals surface area contributed by atoms with E-state index in [1.54, 1.807) is 6.92 Å². The van der Waals surface area contributed by atoms with E-state index in [-0.39, 0.29) is 5.91 Å². The van der Waals surface area contributed by atoms with Gasteiger partial charge in [0.15, 0.2) is 0 Å². The molecule has 0 bridgehead atoms. The zero-order chi connectivity index (χ0) is 10.7. The number of rotatable bonds is 3. The van der Waals surface area contributed by atoms with Crippen molar-refractivity contribution in [2.24, 2.45) is 11.8 Å². The van der Waals surface area contributed by atoms with Crippen molar-refractivity contribution < 1.29 is 4.79 Å². The summed E-state index contributed by atoms with van der Waals surface area (Å²) in [5.74, 6) is 2.14. The molecule has 2 fully saturated rings. The summed E-state index contributed by atoms with van der Waals surface area (Å²) >= 11 is 0. The van der Waals surface area contributed by atoms with Gasteiger partial charge in [-0.2, -0.15) is 0 Å². The maximum atomic E-state index is 10.9. The van der Waals surface area contributed by atoms with E-state index in [4.69, 9.17) is 0 Å². The molecule has 0 aromatic rings. The second-order valence-electron chi connectivity index (χ2n) is 5.45. The Bertz CT molecular complexity index is 215. The number of nitrogens with one attached hydrogen (secondary N) is 1. The van der Waals surface area contributed by atoms with Gasteiger partial charge in [-0.3, -0.25) is 4.79 Å². The molecule has 2 aliphatic rings. The third-order valence-electron chi connectivity index (χ3n) is 4.15. The summed E-state index contributed by atoms with van der Waals surface area (Å²) in [4.78, 5) is 10.9. The molecule has 1 amide bonds. The SMILES string of the molecule is CC(=O)NC1CCC(CC2CCC2)CC1. The minimum Gasteiger partial charge on any atom is -0.354 e. The predicted octanol–water partition coefficient (Wildman–Crippen LogP) is 2.87. The van der Waals surface area contributed by atoms with E-state index in [0.29, 0.717) is 6.04 Å². The van der Waals surface area contributed by atoms with Crippen LogP contribution in [0.5, 0.6) is 0 Å². The summed E-state index contributed by atoms with van der Waals surface area (Å²) in [6, 6.07) is 0.472. The molecule has 2 rings (SSSR count). The Hall–Kier alpha value is -0.530. The Morgan fingerprint density at radius 3 is 2.13 bits per heavy atom. The summed E-state index contributed by atoms with van der Waals surface area (Å²) in [6.45, 7) is 1.63. The number of hydrogen-bond donors (Lipinski definition) is 1. The van der Waals surface area contributed by atoms with Crippen molar-refractivity contribution >= 4 is 5.91 Å². The summed E-state index contributed by atoms with van der Waals surface area (Å²) in [5, 5.41) is 3.04. The fraction of sp³-hybridized carbons (Fsp3) is 0.923. The van der Waals surface area contributed by atoms with Crippen molar-refractivity contribution in [2.75, 3.05) is 0 Å². The zero-order valence-electron chi connectivity index (χ0n) is 9.80. The van der Waals surface area contributed by atoms with Gasteiger partial charge in [-0.1, -0.05) is 19.3 Å². The van der Waals surface area contributed by atoms with Crippen LogP contribution in [0.4, 0.5) is 0 Å². The topological polar surface area (TPSA) is 29.1 Å². The van der Waals surface area contributed by atoms with E-state index in [1.165, 1.54) is 51.4 Å². The van der Waals surface area contributed by atoms with E-state index in [0.717, 1.165) is 11.8 Å². The third-order valence-corrected chi connectivity index (χ3v) is 4.15. The average molecular weight is 209 g/mol. The van der Waals surface area contributed by atoms with Crippen LogP contribution in [-0.4, -0.2) is 11.9 Å². The fourth-order valence-corrected chi connectivity index (χ4v) is 3.03. The van der Waals surface area contributed by atoms with Crippen molar-refractivity contribution in [3.05, 3.63) is 0 Å². The standard InChI is InChI=1S/C13H23NO/c1-10(15)14-13-7-5-12(6-8-13)9-11-3-2-4-11/h11-13H,2-9H2,1H3,(H,14,15). The Morgan fingerprint density at radius 2 is 1.67 bits per heavy atom. The van der Waals surface area contributed by atoms with E-state index in [1.807, 2.05) is 0 Å². The van der Waals surface area contributed by atoms with Crippen LogP contribution in [0.3, 0.4) is 0 Å². The van der Waals surface area contributed by atoms with Crippen LogP contribution < -0.4 is 5.32 Å². The average Bonchev–Trinajstić information content (AvgIpc) is 2.13. The lowest BCUT2D eigenvalue weighted by molar-refractivity contribution is -0.119. The zero-order valence-corrected chi connectivity index (χ0v) is 9.80. The Labute approximate surface area is 92.8 Å². The first kappa shape index (κ1) is 11.0. The van der Waals surface area contributed by atoms with Gasteiger partial charge in [-0.05, 0) is 43.9 Å². The first-order valence-electron chi connectivity index (χ1n) is 6.51. The van der Waals surface area contributed by atoms with Crippen LogP contribution in [0.1, 0.15) is 58.3 Å². The highest BCUT2D eigenvalue weighted by atomic mass is 16.1. The number of amides is 1. The van der Waals surface area contributed by atoms with Crippen LogP contribution in [0.2, 0.25) is 0 Å². The van der Waals surface area contributed by atoms with Gasteiger partial charge in [0.25, 0.3) is 0 Å². The van der Waals surface area contributed by atoms with Crippen LogP contribution >= 0.6 is 0 Å². The minimum atomic E-state index is 0.137. The number of hydrogen-bond acceptors (Lipinski definition) is 1. The molecule has 15 heavy (non-hydrogen) atoms. The summed E-state index contributed by atoms with van der Waals surface area (Å²) < 4.78 is 0. The molecule has 2 aliphatic carbocycles. The van der Waals surface area contributed by atoms with Gasteiger partial charge in [-0.15, -0.1) is 0 Å². The lowest BCUT2D eigenvalue weighted by atomic mass is 9.74. The Morgan fingerprint density at radius 1 is 1.07 bits per heavy atom. The van der Waals surface area contributed by atoms with Gasteiger partial charge in [0.1, 0.15) is 0 Å². The molecule has 0 unspecified atom stereocenters. The van der Waals surface area contributed by atoms with Crippen molar-refractivity contribution in [1.29, 1.82) is 0 Å². The number of carbonyl (C=O) groups is 1. The molecule has 2 heteroatoms. The van der Waals surface area contributed by atoms with Gasteiger partial charge in [0.2, 0.25) is 5.91 Å². The van der Waals surface area contributed by atoms with Gasteiger partial charge in [0.05, 0.1) is 0 Å². The predicted molar refractivity (Wildman–Crippen MR) is 61.5 cm³/mol. The van der Waals surface area contributed by atoms with Crippen molar-refractivity contribution in [2.45, 2.75) is 64.3 Å². The van der Waals surface area contributed by atoms with Crippen LogP contribution in [-0.2, 0) is 4.79 Å². The largest absolute Gasteiger partial charge is 0.354 e. The molecule has 0 aliphatic heterocycles. The molecule has 0 aromatic heterocycles. The maximum Gasteiger partial charge on any atom is 0.217 e. The summed E-state index contributed by atoms with van der Waals surface area (Å²) in [6.07, 6.45) is 11.0. The van der Waals surface area contributed by atoms with Crippen molar-refractivity contribution in [1.82, 2.24) is 5.32 Å². The third kappa shape index (κ3) is 3.22. The number of carbonyl (C=O) groups excluding carboxylic acids is 1. The van der Waals surface area contributed by atoms with Gasteiger partial charge in [-0.25, -0.2) is 0 Å². The molecule has 0 spiro atoms. The van der Waals surface area contributed by atoms with E-state index < -0.39 is 0 Å². The second kappa shape index (κ2) is 5.00. The molecular formula is C13H23NO. The van der Waals surface area contributed by atoms with Crippen LogP contribution in [0.25, 0.3) is 0 Å². The molecule has 0 radical (unpaired) electrons. The highest BCUT2D eigenvalue weighted by Crippen LogP contribution is 2.37. The Balaban J connectivity index is 1.64. The molecule has 2 nitrogen and oxygen atoms in total. The monoisotopic (exact) mass is 209 g/mol. The minimum absolute atomic E-state index is 0.137. The molecule has 0 saturated heterocycles. The highest BCUT2D eigenvalue weighted by Gasteiger charge is 2.26. The quantitative estimate of drug-likeness (QED) is 0.761. The molecule has 0 heterocycles. The first-order chi connectivity index (χ1) is 7.24. The lowest BCUT2D eigenvalue weighted by Crippen LogP contribution is -2.36. The second-order valence-corrected chi connectivity index (χ2v) is 5.45. The summed E-state index contributed by atoms with van der Waals surface area (Å²) in [7, 11) is 0. The van der Waals surface area contributed by atoms with E-state index >= 15 is 0 Å². The smallest absolute Gasteiger partial charge is 0.217 e. The highest BCUT2D eigenvalue weighted by molar-refractivity contribution is 5.73. The molecule has 0 atom stereocenters. The summed E-state index contributed by atoms with van der Waals surface area (Å²) in [5.41, 5.74) is 0. The van der Waals surface area contributed by atoms with E-state index in [2.05, 4.69) is 5.32 Å². The molecule has 1 N–H and O–H groups in total. The van der Waals surface area contributed by atoms with Crippen LogP contribution in [0.15, 0.2) is 0 Å². The van der Waals surface area contributed by atoms with Crippen molar-refractivity contribution in [3.63, 3.8) is 0 Å². The van der Waals surface area contributed by atoms with Crippen LogP contribution in [0, 0.1) is 11.8 Å².